The maximum atomic E-state index is 12.9. The summed E-state index contributed by atoms with van der Waals surface area (Å²) in [4.78, 5) is 44.2. The molecule has 2 N–H and O–H groups in total. The third-order valence-electron chi connectivity index (χ3n) is 14.3. The zero-order valence-corrected chi connectivity index (χ0v) is 49.0. The van der Waals surface area contributed by atoms with Gasteiger partial charge in [0.1, 0.15) is 18.1 Å². The Morgan fingerprint density at radius 3 is 2.01 bits per heavy atom. The molecule has 3 aromatic carbocycles. The van der Waals surface area contributed by atoms with Crippen molar-refractivity contribution in [1.29, 1.82) is 0 Å². The second kappa shape index (κ2) is 29.2. The number of imide groups is 1. The molecular formula is C61H76N3O16S2+. The molecule has 0 aromatic heterocycles. The quantitative estimate of drug-likeness (QED) is 0.0195. The largest absolute Gasteiger partial charge is 0.456 e. The number of hydroxylamine groups is 2. The summed E-state index contributed by atoms with van der Waals surface area (Å²) in [5, 5.41) is 0.478. The molecule has 2 amide bonds. The molecule has 0 aliphatic carbocycles. The Kier molecular flexibility index (Phi) is 22.5. The zero-order valence-electron chi connectivity index (χ0n) is 47.4. The van der Waals surface area contributed by atoms with Crippen LogP contribution in [-0.2, 0) is 68.6 Å². The minimum atomic E-state index is -4.65. The third kappa shape index (κ3) is 17.1. The molecule has 7 rings (SSSR count). The van der Waals surface area contributed by atoms with Crippen LogP contribution in [-0.4, -0.2) is 150 Å². The molecule has 1 fully saturated rings. The maximum Gasteiger partial charge on any atom is 0.333 e. The lowest BCUT2D eigenvalue weighted by atomic mass is 9.75. The van der Waals surface area contributed by atoms with E-state index in [0.29, 0.717) is 99.5 Å². The van der Waals surface area contributed by atoms with E-state index in [1.807, 2.05) is 78.3 Å². The fourth-order valence-electron chi connectivity index (χ4n) is 10.3. The summed E-state index contributed by atoms with van der Waals surface area (Å²) < 4.78 is 105. The van der Waals surface area contributed by atoms with E-state index in [2.05, 4.69) is 50.8 Å². The predicted molar refractivity (Wildman–Crippen MR) is 312 cm³/mol. The first-order valence-corrected chi connectivity index (χ1v) is 30.7. The molecule has 4 heterocycles. The van der Waals surface area contributed by atoms with E-state index in [1.165, 1.54) is 18.2 Å². The summed E-state index contributed by atoms with van der Waals surface area (Å²) in [6.45, 7) is 16.3. The molecule has 82 heavy (non-hydrogen) atoms. The predicted octanol–water partition coefficient (Wildman–Crippen LogP) is 9.03. The third-order valence-corrected chi connectivity index (χ3v) is 15.9. The number of rotatable bonds is 32. The molecule has 4 aliphatic rings. The van der Waals surface area contributed by atoms with Gasteiger partial charge in [-0.15, -0.1) is 5.06 Å². The van der Waals surface area contributed by atoms with E-state index in [-0.39, 0.29) is 55.5 Å². The van der Waals surface area contributed by atoms with Gasteiger partial charge >= 0.3 is 5.97 Å². The molecule has 442 valence electrons. The second-order valence-corrected chi connectivity index (χ2v) is 23.8. The summed E-state index contributed by atoms with van der Waals surface area (Å²) >= 11 is 0. The lowest BCUT2D eigenvalue weighted by molar-refractivity contribution is -0.437. The average Bonchev–Trinajstić information content (AvgIpc) is 2.10. The molecule has 0 radical (unpaired) electrons. The van der Waals surface area contributed by atoms with E-state index in [4.69, 9.17) is 33.3 Å². The topological polar surface area (TPSA) is 234 Å². The van der Waals surface area contributed by atoms with Crippen LogP contribution in [0.2, 0.25) is 0 Å². The SMILES string of the molecule is CCCOCCOCCOCCOCCOCCN1c2cc3c(cc2C(C)=CC1(C)C)/C(=C/C=C/C=C/C=C/C1=[N+](CCCS(=O)(=O)O)c2ccc(S(=O)(=O)O)cc2C1(C)CCCC(=O)ON1C(=O)CCC1=O)C=C(c1ccccc1)O3. The highest BCUT2D eigenvalue weighted by Crippen LogP contribution is 2.47. The van der Waals surface area contributed by atoms with Crippen LogP contribution in [0.3, 0.4) is 0 Å². The normalized spacial score (nSPS) is 18.5. The van der Waals surface area contributed by atoms with Crippen LogP contribution < -0.4 is 9.64 Å². The van der Waals surface area contributed by atoms with Crippen molar-refractivity contribution in [2.45, 2.75) is 95.4 Å². The van der Waals surface area contributed by atoms with Crippen molar-refractivity contribution in [3.8, 4) is 5.75 Å². The van der Waals surface area contributed by atoms with Crippen molar-refractivity contribution in [3.63, 3.8) is 0 Å². The first-order chi connectivity index (χ1) is 39.2. The van der Waals surface area contributed by atoms with E-state index in [1.54, 1.807) is 12.2 Å². The first kappa shape index (κ1) is 63.2. The van der Waals surface area contributed by atoms with Crippen LogP contribution in [0.25, 0.3) is 16.9 Å². The van der Waals surface area contributed by atoms with Gasteiger partial charge in [-0.1, -0.05) is 79.8 Å². The number of ether oxygens (including phenoxy) is 6. The number of carbonyl (C=O) groups excluding carboxylic acids is 3. The van der Waals surface area contributed by atoms with E-state index >= 15 is 0 Å². The molecule has 3 aromatic rings. The van der Waals surface area contributed by atoms with Gasteiger partial charge in [0.05, 0.1) is 81.1 Å². The van der Waals surface area contributed by atoms with Crippen molar-refractivity contribution in [3.05, 3.63) is 138 Å². The second-order valence-electron chi connectivity index (χ2n) is 20.8. The highest BCUT2D eigenvalue weighted by molar-refractivity contribution is 7.86. The Hall–Kier alpha value is -6.40. The van der Waals surface area contributed by atoms with Gasteiger partial charge in [0.25, 0.3) is 32.1 Å². The summed E-state index contributed by atoms with van der Waals surface area (Å²) in [7, 11) is -8.98. The van der Waals surface area contributed by atoms with E-state index in [9.17, 15) is 40.3 Å². The Balaban J connectivity index is 1.07. The minimum absolute atomic E-state index is 0.00407. The Labute approximate surface area is 481 Å². The van der Waals surface area contributed by atoms with Gasteiger partial charge in [-0.25, -0.2) is 4.79 Å². The lowest BCUT2D eigenvalue weighted by Gasteiger charge is -2.44. The summed E-state index contributed by atoms with van der Waals surface area (Å²) in [5.74, 6) is -1.19. The summed E-state index contributed by atoms with van der Waals surface area (Å²) in [6, 6.07) is 18.3. The zero-order chi connectivity index (χ0) is 58.9. The molecule has 0 bridgehead atoms. The Morgan fingerprint density at radius 2 is 1.38 bits per heavy atom. The van der Waals surface area contributed by atoms with Crippen LogP contribution in [0, 0.1) is 0 Å². The first-order valence-electron chi connectivity index (χ1n) is 27.7. The van der Waals surface area contributed by atoms with Crippen LogP contribution >= 0.6 is 0 Å². The standard InChI is InChI=1S/C61H75N3O16S2/c1-6-29-74-31-33-76-35-37-78-38-36-77-34-32-75-30-28-63-53-43-55-50(42-49(53)45(2)44-60(63,3)4)47(40-54(79-55)46-17-12-10-13-18-46)19-11-8-7-9-14-20-56-61(5,26-15-21-59(67)80-64-57(65)24-25-58(64)66)51-41-48(82(71,72)73)22-23-52(51)62(56)27-16-39-81(68,69)70/h7-14,17-20,22-23,40-44H,6,15-16,21,24-39H2,1-5H3,(H-,68,69,70,71,72,73)/p+1. The highest BCUT2D eigenvalue weighted by atomic mass is 32.2. The van der Waals surface area contributed by atoms with Crippen LogP contribution in [0.15, 0.2) is 120 Å². The molecule has 0 spiro atoms. The number of hydrogen-bond donors (Lipinski definition) is 2. The number of benzene rings is 3. The van der Waals surface area contributed by atoms with E-state index in [0.717, 1.165) is 46.6 Å². The molecule has 21 heteroatoms. The molecular weight excluding hydrogens is 1090 g/mol. The molecule has 1 saturated heterocycles. The lowest BCUT2D eigenvalue weighted by Crippen LogP contribution is -2.46. The van der Waals surface area contributed by atoms with Gasteiger partial charge in [0, 0.05) is 85.0 Å². The smallest absolute Gasteiger partial charge is 0.333 e. The summed E-state index contributed by atoms with van der Waals surface area (Å²) in [5.41, 5.74) is 6.26. The van der Waals surface area contributed by atoms with Crippen molar-refractivity contribution >= 4 is 72.0 Å². The summed E-state index contributed by atoms with van der Waals surface area (Å²) in [6.07, 6.45) is 18.4. The monoisotopic (exact) mass is 1170 g/mol. The Morgan fingerprint density at radius 1 is 0.756 bits per heavy atom. The van der Waals surface area contributed by atoms with Crippen LogP contribution in [0.5, 0.6) is 5.75 Å². The average molecular weight is 1170 g/mol. The number of fused-ring (bicyclic) bond motifs is 3. The fraction of sp³-hybridized carbons (Fsp3) is 0.443. The van der Waals surface area contributed by atoms with Gasteiger partial charge < -0.3 is 38.2 Å². The molecule has 1 atom stereocenters. The molecule has 19 nitrogen and oxygen atoms in total. The highest BCUT2D eigenvalue weighted by Gasteiger charge is 2.48. The number of amides is 2. The number of nitrogens with zero attached hydrogens (tertiary/aromatic N) is 3. The van der Waals surface area contributed by atoms with Gasteiger partial charge in [-0.3, -0.25) is 18.7 Å². The number of hydrogen-bond acceptors (Lipinski definition) is 15. The van der Waals surface area contributed by atoms with Crippen molar-refractivity contribution in [1.82, 2.24) is 5.06 Å². The van der Waals surface area contributed by atoms with Gasteiger partial charge in [-0.05, 0) is 82.4 Å². The fourth-order valence-corrected chi connectivity index (χ4v) is 11.3. The number of anilines is 1. The number of allylic oxidation sites excluding steroid dienone is 10. The van der Waals surface area contributed by atoms with Gasteiger partial charge in [0.2, 0.25) is 5.69 Å². The van der Waals surface area contributed by atoms with Crippen molar-refractivity contribution in [2.75, 3.05) is 89.8 Å². The van der Waals surface area contributed by atoms with Gasteiger partial charge in [0.15, 0.2) is 5.71 Å². The molecule has 0 saturated carbocycles. The van der Waals surface area contributed by atoms with Crippen molar-refractivity contribution < 1.29 is 78.2 Å². The maximum absolute atomic E-state index is 12.9. The van der Waals surface area contributed by atoms with Crippen LogP contribution in [0.4, 0.5) is 11.4 Å². The Bertz CT molecular complexity index is 3220. The van der Waals surface area contributed by atoms with E-state index < -0.39 is 49.2 Å². The van der Waals surface area contributed by atoms with Crippen molar-refractivity contribution in [2.24, 2.45) is 0 Å². The van der Waals surface area contributed by atoms with Gasteiger partial charge in [-0.2, -0.15) is 21.4 Å². The number of carbonyl (C=O) groups is 3. The van der Waals surface area contributed by atoms with Crippen LogP contribution in [0.1, 0.15) is 102 Å². The molecule has 1 unspecified atom stereocenters. The minimum Gasteiger partial charge on any atom is -0.456 e. The molecule has 4 aliphatic heterocycles.